The summed E-state index contributed by atoms with van der Waals surface area (Å²) in [6, 6.07) is -0.563. The van der Waals surface area contributed by atoms with Crippen LogP contribution >= 0.6 is 0 Å². The van der Waals surface area contributed by atoms with E-state index in [-0.39, 0.29) is 0 Å². The highest BCUT2D eigenvalue weighted by molar-refractivity contribution is 5.97. The van der Waals surface area contributed by atoms with Gasteiger partial charge in [-0.2, -0.15) is 0 Å². The fourth-order valence-electron chi connectivity index (χ4n) is 1.17. The molecule has 0 radical (unpaired) electrons. The molecular formula is C10H9FN2O5. The number of nitrogens with zero attached hydrogens (tertiary/aromatic N) is 1. The fourth-order valence-corrected chi connectivity index (χ4v) is 1.17. The van der Waals surface area contributed by atoms with Crippen molar-refractivity contribution in [2.45, 2.75) is 12.5 Å². The lowest BCUT2D eigenvalue weighted by molar-refractivity contribution is -0.145. The number of hydrogen-bond donors (Lipinski definition) is 3. The highest BCUT2D eigenvalue weighted by atomic mass is 19.1. The molecule has 0 bridgehead atoms. The van der Waals surface area contributed by atoms with Crippen LogP contribution in [0.3, 0.4) is 0 Å². The van der Waals surface area contributed by atoms with Crippen LogP contribution in [-0.2, 0) is 9.59 Å². The predicted molar refractivity (Wildman–Crippen MR) is 55.3 cm³/mol. The molecule has 0 spiro atoms. The van der Waals surface area contributed by atoms with Gasteiger partial charge in [0.1, 0.15) is 6.04 Å². The van der Waals surface area contributed by atoms with Crippen molar-refractivity contribution in [3.05, 3.63) is 29.8 Å². The topological polar surface area (TPSA) is 117 Å². The Hall–Kier alpha value is -2.51. The maximum absolute atomic E-state index is 13.2. The smallest absolute Gasteiger partial charge is 0.326 e. The molecule has 96 valence electrons. The van der Waals surface area contributed by atoms with Crippen LogP contribution in [0.5, 0.6) is 0 Å². The molecular weight excluding hydrogens is 247 g/mol. The van der Waals surface area contributed by atoms with Gasteiger partial charge in [-0.3, -0.25) is 14.6 Å². The predicted octanol–water partition coefficient (Wildman–Crippen LogP) is -0.122. The van der Waals surface area contributed by atoms with Crippen molar-refractivity contribution in [3.8, 4) is 0 Å². The van der Waals surface area contributed by atoms with Crippen molar-refractivity contribution >= 4 is 17.8 Å². The summed E-state index contributed by atoms with van der Waals surface area (Å²) < 4.78 is 13.2. The number of nitrogens with one attached hydrogen (secondary N) is 1. The molecule has 1 aromatic heterocycles. The second-order valence-corrected chi connectivity index (χ2v) is 3.32. The minimum atomic E-state index is -1.62. The number of hydrogen-bond acceptors (Lipinski definition) is 4. The van der Waals surface area contributed by atoms with Crippen LogP contribution in [0.15, 0.2) is 18.5 Å². The Bertz CT molecular complexity index is 491. The van der Waals surface area contributed by atoms with Gasteiger partial charge in [-0.05, 0) is 6.07 Å². The minimum Gasteiger partial charge on any atom is -0.481 e. The summed E-state index contributed by atoms with van der Waals surface area (Å²) >= 11 is 0. The number of amides is 1. The summed E-state index contributed by atoms with van der Waals surface area (Å²) in [5, 5.41) is 19.1. The first kappa shape index (κ1) is 13.6. The number of halogens is 1. The summed E-state index contributed by atoms with van der Waals surface area (Å²) in [6.45, 7) is 0. The first-order valence-corrected chi connectivity index (χ1v) is 4.76. The number of pyridine rings is 1. The van der Waals surface area contributed by atoms with Crippen LogP contribution in [-0.4, -0.2) is 39.1 Å². The zero-order valence-electron chi connectivity index (χ0n) is 8.96. The van der Waals surface area contributed by atoms with Gasteiger partial charge in [-0.15, -0.1) is 0 Å². The van der Waals surface area contributed by atoms with Crippen molar-refractivity contribution in [1.29, 1.82) is 0 Å². The molecule has 0 aliphatic rings. The molecule has 1 amide bonds. The van der Waals surface area contributed by atoms with Crippen LogP contribution < -0.4 is 5.32 Å². The maximum atomic E-state index is 13.2. The lowest BCUT2D eigenvalue weighted by atomic mass is 10.1. The molecule has 0 aliphatic heterocycles. The number of carbonyl (C=O) groups excluding carboxylic acids is 1. The molecule has 8 heteroatoms. The fraction of sp³-hybridized carbons (Fsp3) is 0.200. The second-order valence-electron chi connectivity index (χ2n) is 3.32. The Morgan fingerprint density at radius 1 is 1.39 bits per heavy atom. The van der Waals surface area contributed by atoms with Crippen LogP contribution in [0.4, 0.5) is 4.39 Å². The lowest BCUT2D eigenvalue weighted by Crippen LogP contribution is -2.42. The van der Waals surface area contributed by atoms with Gasteiger partial charge in [-0.1, -0.05) is 0 Å². The summed E-state index contributed by atoms with van der Waals surface area (Å²) in [5.41, 5.74) is -0.401. The average Bonchev–Trinajstić information content (AvgIpc) is 2.27. The van der Waals surface area contributed by atoms with Gasteiger partial charge >= 0.3 is 11.9 Å². The second kappa shape index (κ2) is 5.71. The van der Waals surface area contributed by atoms with Gasteiger partial charge in [0.2, 0.25) is 0 Å². The lowest BCUT2D eigenvalue weighted by Gasteiger charge is -2.12. The Labute approximate surface area is 100 Å². The van der Waals surface area contributed by atoms with E-state index < -0.39 is 41.7 Å². The van der Waals surface area contributed by atoms with Crippen molar-refractivity contribution in [2.24, 2.45) is 0 Å². The van der Waals surface area contributed by atoms with Crippen molar-refractivity contribution in [1.82, 2.24) is 10.3 Å². The van der Waals surface area contributed by atoms with Crippen LogP contribution in [0.1, 0.15) is 16.8 Å². The minimum absolute atomic E-state index is 0.401. The van der Waals surface area contributed by atoms with E-state index >= 15 is 0 Å². The molecule has 0 saturated heterocycles. The summed E-state index contributed by atoms with van der Waals surface area (Å²) in [6.07, 6.45) is 1.15. The first-order valence-electron chi connectivity index (χ1n) is 4.76. The molecule has 0 aliphatic carbocycles. The standard InChI is InChI=1S/C10H9FN2O5/c11-6-4-12-2-1-5(6)9(16)13-7(10(17)18)3-8(14)15/h1-2,4,7H,3H2,(H,13,16)(H,14,15)(H,17,18). The summed E-state index contributed by atoms with van der Waals surface area (Å²) in [4.78, 5) is 36.1. The molecule has 1 aromatic rings. The van der Waals surface area contributed by atoms with Gasteiger partial charge in [0, 0.05) is 6.20 Å². The highest BCUT2D eigenvalue weighted by Gasteiger charge is 2.24. The molecule has 1 unspecified atom stereocenters. The molecule has 1 heterocycles. The van der Waals surface area contributed by atoms with E-state index in [9.17, 15) is 18.8 Å². The number of aliphatic carboxylic acids is 2. The van der Waals surface area contributed by atoms with Crippen LogP contribution in [0.2, 0.25) is 0 Å². The van der Waals surface area contributed by atoms with Crippen molar-refractivity contribution in [2.75, 3.05) is 0 Å². The zero-order valence-corrected chi connectivity index (χ0v) is 8.96. The van der Waals surface area contributed by atoms with E-state index in [1.165, 1.54) is 0 Å². The molecule has 0 fully saturated rings. The Morgan fingerprint density at radius 2 is 2.06 bits per heavy atom. The van der Waals surface area contributed by atoms with E-state index in [0.717, 1.165) is 18.5 Å². The summed E-state index contributed by atoms with van der Waals surface area (Å²) in [7, 11) is 0. The largest absolute Gasteiger partial charge is 0.481 e. The van der Waals surface area contributed by atoms with E-state index in [2.05, 4.69) is 4.98 Å². The monoisotopic (exact) mass is 256 g/mol. The van der Waals surface area contributed by atoms with E-state index in [0.29, 0.717) is 0 Å². The molecule has 0 saturated carbocycles. The van der Waals surface area contributed by atoms with E-state index in [1.807, 2.05) is 5.32 Å². The zero-order chi connectivity index (χ0) is 13.7. The number of rotatable bonds is 5. The first-order chi connectivity index (χ1) is 8.41. The molecule has 1 rings (SSSR count). The molecule has 0 aromatic carbocycles. The van der Waals surface area contributed by atoms with Crippen molar-refractivity contribution in [3.63, 3.8) is 0 Å². The summed E-state index contributed by atoms with van der Waals surface area (Å²) in [5.74, 6) is -4.84. The van der Waals surface area contributed by atoms with Gasteiger partial charge in [0.25, 0.3) is 5.91 Å². The number of carbonyl (C=O) groups is 3. The van der Waals surface area contributed by atoms with Crippen LogP contribution in [0.25, 0.3) is 0 Å². The third kappa shape index (κ3) is 3.51. The third-order valence-corrected chi connectivity index (χ3v) is 2.00. The van der Waals surface area contributed by atoms with Crippen molar-refractivity contribution < 1.29 is 29.0 Å². The van der Waals surface area contributed by atoms with E-state index in [1.54, 1.807) is 0 Å². The van der Waals surface area contributed by atoms with Gasteiger partial charge in [-0.25, -0.2) is 9.18 Å². The number of carboxylic acid groups (broad SMARTS) is 2. The number of carboxylic acids is 2. The molecule has 3 N–H and O–H groups in total. The van der Waals surface area contributed by atoms with Gasteiger partial charge in [0.15, 0.2) is 5.82 Å². The average molecular weight is 256 g/mol. The highest BCUT2D eigenvalue weighted by Crippen LogP contribution is 2.05. The maximum Gasteiger partial charge on any atom is 0.326 e. The normalized spacial score (nSPS) is 11.6. The van der Waals surface area contributed by atoms with Gasteiger partial charge in [0.05, 0.1) is 18.2 Å². The Balaban J connectivity index is 2.82. The van der Waals surface area contributed by atoms with Gasteiger partial charge < -0.3 is 15.5 Å². The quantitative estimate of drug-likeness (QED) is 0.676. The Morgan fingerprint density at radius 3 is 2.56 bits per heavy atom. The molecule has 18 heavy (non-hydrogen) atoms. The molecule has 7 nitrogen and oxygen atoms in total. The SMILES string of the molecule is O=C(O)CC(NC(=O)c1ccncc1F)C(=O)O. The van der Waals surface area contributed by atoms with E-state index in [4.69, 9.17) is 10.2 Å². The third-order valence-electron chi connectivity index (χ3n) is 2.00. The Kier molecular flexibility index (Phi) is 4.30. The van der Waals surface area contributed by atoms with Crippen LogP contribution in [0, 0.1) is 5.82 Å². The molecule has 1 atom stereocenters. The number of aromatic nitrogens is 1.